The molecule has 3 rings (SSSR count). The van der Waals surface area contributed by atoms with Crippen molar-refractivity contribution in [1.82, 2.24) is 24.5 Å². The van der Waals surface area contributed by atoms with Crippen LogP contribution in [0.25, 0.3) is 0 Å². The van der Waals surface area contributed by atoms with Crippen LogP contribution in [0.1, 0.15) is 50.6 Å². The molecule has 8 nitrogen and oxygen atoms in total. The quantitative estimate of drug-likeness (QED) is 0.755. The third-order valence-electron chi connectivity index (χ3n) is 5.84. The predicted octanol–water partition coefficient (Wildman–Crippen LogP) is 2.79. The molecule has 0 radical (unpaired) electrons. The number of piperidine rings is 1. The molecule has 1 aliphatic heterocycles. The number of likely N-dealkylation sites (tertiary alicyclic amines) is 1. The molecule has 1 N–H and O–H groups in total. The lowest BCUT2D eigenvalue weighted by atomic mass is 9.95. The average molecular weight is 415 g/mol. The van der Waals surface area contributed by atoms with Gasteiger partial charge in [0.05, 0.1) is 24.0 Å². The van der Waals surface area contributed by atoms with Crippen LogP contribution >= 0.6 is 0 Å². The third-order valence-corrected chi connectivity index (χ3v) is 5.84. The van der Waals surface area contributed by atoms with E-state index >= 15 is 0 Å². The summed E-state index contributed by atoms with van der Waals surface area (Å²) in [5, 5.41) is 11.7. The zero-order chi connectivity index (χ0) is 21.8. The Labute approximate surface area is 178 Å². The number of nitrogens with zero attached hydrogens (tertiary/aromatic N) is 5. The van der Waals surface area contributed by atoms with E-state index in [-0.39, 0.29) is 17.7 Å². The second kappa shape index (κ2) is 9.45. The molecular weight excluding hydrogens is 380 g/mol. The van der Waals surface area contributed by atoms with Crippen molar-refractivity contribution >= 4 is 17.5 Å². The maximum atomic E-state index is 12.9. The van der Waals surface area contributed by atoms with Gasteiger partial charge in [-0.1, -0.05) is 13.8 Å². The molecule has 2 amide bonds. The highest BCUT2D eigenvalue weighted by molar-refractivity contribution is 5.92. The first-order valence-electron chi connectivity index (χ1n) is 10.9. The minimum Gasteiger partial charge on any atom is -0.342 e. The highest BCUT2D eigenvalue weighted by Crippen LogP contribution is 2.22. The molecular formula is C22H34N6O2. The highest BCUT2D eigenvalue weighted by atomic mass is 16.2. The predicted molar refractivity (Wildman–Crippen MR) is 116 cm³/mol. The van der Waals surface area contributed by atoms with E-state index in [1.807, 2.05) is 36.5 Å². The number of rotatable bonds is 7. The van der Waals surface area contributed by atoms with Gasteiger partial charge in [0.1, 0.15) is 0 Å². The van der Waals surface area contributed by atoms with Crippen molar-refractivity contribution < 1.29 is 9.59 Å². The molecule has 0 unspecified atom stereocenters. The Kier molecular flexibility index (Phi) is 6.95. The van der Waals surface area contributed by atoms with Crippen molar-refractivity contribution in [3.05, 3.63) is 29.3 Å². The van der Waals surface area contributed by atoms with E-state index in [9.17, 15) is 9.59 Å². The lowest BCUT2D eigenvalue weighted by Crippen LogP contribution is -2.42. The summed E-state index contributed by atoms with van der Waals surface area (Å²) in [7, 11) is 0. The van der Waals surface area contributed by atoms with Gasteiger partial charge in [-0.25, -0.2) is 0 Å². The summed E-state index contributed by atoms with van der Waals surface area (Å²) < 4.78 is 3.80. The number of anilines is 1. The molecule has 164 valence electrons. The number of hydrogen-bond acceptors (Lipinski definition) is 4. The van der Waals surface area contributed by atoms with E-state index in [1.165, 1.54) is 0 Å². The Morgan fingerprint density at radius 1 is 1.23 bits per heavy atom. The summed E-state index contributed by atoms with van der Waals surface area (Å²) in [6, 6.07) is 0. The fourth-order valence-corrected chi connectivity index (χ4v) is 4.01. The Balaban J connectivity index is 1.53. The van der Waals surface area contributed by atoms with Crippen LogP contribution in [0, 0.1) is 25.7 Å². The number of carbonyl (C=O) groups excluding carboxylic acids is 2. The first-order chi connectivity index (χ1) is 14.3. The summed E-state index contributed by atoms with van der Waals surface area (Å²) in [6.45, 7) is 13.2. The monoisotopic (exact) mass is 414 g/mol. The van der Waals surface area contributed by atoms with E-state index < -0.39 is 0 Å². The highest BCUT2D eigenvalue weighted by Gasteiger charge is 2.28. The summed E-state index contributed by atoms with van der Waals surface area (Å²) in [4.78, 5) is 27.3. The largest absolute Gasteiger partial charge is 0.342 e. The van der Waals surface area contributed by atoms with Gasteiger partial charge in [-0.3, -0.25) is 19.0 Å². The number of aryl methyl sites for hydroxylation is 2. The molecule has 1 fully saturated rings. The topological polar surface area (TPSA) is 85.0 Å². The van der Waals surface area contributed by atoms with Crippen molar-refractivity contribution in [2.24, 2.45) is 11.8 Å². The number of carbonyl (C=O) groups is 2. The Morgan fingerprint density at radius 3 is 2.53 bits per heavy atom. The van der Waals surface area contributed by atoms with Crippen LogP contribution in [-0.4, -0.2) is 49.4 Å². The fourth-order valence-electron chi connectivity index (χ4n) is 4.01. The van der Waals surface area contributed by atoms with Crippen LogP contribution in [0.4, 0.5) is 5.69 Å². The molecule has 30 heavy (non-hydrogen) atoms. The smallest absolute Gasteiger partial charge is 0.227 e. The normalized spacial score (nSPS) is 15.1. The number of aromatic nitrogens is 4. The molecule has 0 aromatic carbocycles. The first kappa shape index (κ1) is 22.1. The van der Waals surface area contributed by atoms with Crippen LogP contribution in [-0.2, 0) is 29.1 Å². The van der Waals surface area contributed by atoms with E-state index in [0.717, 1.165) is 35.7 Å². The summed E-state index contributed by atoms with van der Waals surface area (Å²) in [5.41, 5.74) is 3.78. The minimum absolute atomic E-state index is 0.0133. The van der Waals surface area contributed by atoms with Crippen LogP contribution in [0.3, 0.4) is 0 Å². The molecule has 0 saturated carbocycles. The molecule has 2 aromatic heterocycles. The van der Waals surface area contributed by atoms with Gasteiger partial charge >= 0.3 is 0 Å². The van der Waals surface area contributed by atoms with Crippen molar-refractivity contribution in [2.75, 3.05) is 18.4 Å². The van der Waals surface area contributed by atoms with Gasteiger partial charge in [-0.15, -0.1) is 0 Å². The van der Waals surface area contributed by atoms with Crippen molar-refractivity contribution in [3.63, 3.8) is 0 Å². The third kappa shape index (κ3) is 5.09. The van der Waals surface area contributed by atoms with E-state index in [0.29, 0.717) is 38.3 Å². The van der Waals surface area contributed by atoms with Crippen LogP contribution in [0.15, 0.2) is 12.4 Å². The second-order valence-electron chi connectivity index (χ2n) is 8.63. The minimum atomic E-state index is -0.0729. The molecule has 8 heteroatoms. The van der Waals surface area contributed by atoms with Crippen molar-refractivity contribution in [3.8, 4) is 0 Å². The molecule has 1 aliphatic rings. The molecule has 0 atom stereocenters. The van der Waals surface area contributed by atoms with E-state index in [1.54, 1.807) is 10.9 Å². The molecule has 0 aliphatic carbocycles. The number of amides is 2. The Morgan fingerprint density at radius 2 is 1.93 bits per heavy atom. The van der Waals surface area contributed by atoms with Gasteiger partial charge in [0.15, 0.2) is 0 Å². The molecule has 0 spiro atoms. The summed E-state index contributed by atoms with van der Waals surface area (Å²) in [6.07, 6.45) is 5.25. The van der Waals surface area contributed by atoms with Crippen molar-refractivity contribution in [1.29, 1.82) is 0 Å². The van der Waals surface area contributed by atoms with Gasteiger partial charge in [0.2, 0.25) is 11.8 Å². The van der Waals surface area contributed by atoms with Gasteiger partial charge in [0, 0.05) is 49.6 Å². The zero-order valence-corrected chi connectivity index (χ0v) is 18.8. The van der Waals surface area contributed by atoms with Gasteiger partial charge < -0.3 is 10.2 Å². The zero-order valence-electron chi connectivity index (χ0n) is 18.8. The van der Waals surface area contributed by atoms with Crippen LogP contribution in [0.2, 0.25) is 0 Å². The summed E-state index contributed by atoms with van der Waals surface area (Å²) in [5.74, 6) is 0.567. The molecule has 0 bridgehead atoms. The lowest BCUT2D eigenvalue weighted by Gasteiger charge is -2.31. The van der Waals surface area contributed by atoms with E-state index in [4.69, 9.17) is 0 Å². The second-order valence-corrected chi connectivity index (χ2v) is 8.63. The van der Waals surface area contributed by atoms with Gasteiger partial charge in [-0.05, 0) is 39.5 Å². The van der Waals surface area contributed by atoms with Crippen LogP contribution < -0.4 is 5.32 Å². The maximum absolute atomic E-state index is 12.9. The number of nitrogens with one attached hydrogen (secondary N) is 1. The maximum Gasteiger partial charge on any atom is 0.227 e. The number of hydrogen-bond donors (Lipinski definition) is 1. The SMILES string of the molecule is CCn1cc(NC(=O)C2CCN(C(=O)Cc3c(C)nn(CC(C)C)c3C)CC2)cn1. The van der Waals surface area contributed by atoms with E-state index in [2.05, 4.69) is 29.4 Å². The Hall–Kier alpha value is -2.64. The lowest BCUT2D eigenvalue weighted by molar-refractivity contribution is -0.133. The first-order valence-corrected chi connectivity index (χ1v) is 10.9. The molecule has 3 heterocycles. The van der Waals surface area contributed by atoms with Gasteiger partial charge in [-0.2, -0.15) is 10.2 Å². The van der Waals surface area contributed by atoms with Gasteiger partial charge in [0.25, 0.3) is 0 Å². The van der Waals surface area contributed by atoms with Crippen molar-refractivity contribution in [2.45, 2.75) is 67.0 Å². The standard InChI is InChI=1S/C22H34N6O2/c1-6-27-14-19(12-23-27)24-22(30)18-7-9-26(10-8-18)21(29)11-20-16(4)25-28(17(20)5)13-15(2)3/h12,14-15,18H,6-11,13H2,1-5H3,(H,24,30). The Bertz CT molecular complexity index is 890. The average Bonchev–Trinajstić information content (AvgIpc) is 3.27. The molecule has 1 saturated heterocycles. The van der Waals surface area contributed by atoms with Crippen LogP contribution in [0.5, 0.6) is 0 Å². The molecule has 2 aromatic rings. The fraction of sp³-hybridized carbons (Fsp3) is 0.636. The summed E-state index contributed by atoms with van der Waals surface area (Å²) >= 11 is 0.